The summed E-state index contributed by atoms with van der Waals surface area (Å²) in [4.78, 5) is 12.4. The molecule has 0 aliphatic carbocycles. The van der Waals surface area contributed by atoms with Crippen molar-refractivity contribution < 1.29 is 9.53 Å². The Hall–Kier alpha value is -1.93. The third kappa shape index (κ3) is 5.60. The molecule has 1 heterocycles. The molecule has 0 aliphatic rings. The minimum Gasteiger partial charge on any atom is -0.483 e. The lowest BCUT2D eigenvalue weighted by Crippen LogP contribution is -2.15. The SMILES string of the molecule is CCn1c(SCC(=O)Nc2cc(Cl)c(Cl)cc2Cl)nnc1[C@H](C)Oc1ccccc1. The molecule has 1 N–H and O–H groups in total. The lowest BCUT2D eigenvalue weighted by molar-refractivity contribution is -0.113. The van der Waals surface area contributed by atoms with Gasteiger partial charge in [0.25, 0.3) is 0 Å². The molecule has 1 aromatic heterocycles. The molecular weight excluding hydrogens is 467 g/mol. The van der Waals surface area contributed by atoms with Gasteiger partial charge in [0.1, 0.15) is 5.75 Å². The first-order valence-electron chi connectivity index (χ1n) is 9.11. The summed E-state index contributed by atoms with van der Waals surface area (Å²) in [5, 5.41) is 12.8. The van der Waals surface area contributed by atoms with Gasteiger partial charge in [0.2, 0.25) is 5.91 Å². The number of carbonyl (C=O) groups is 1. The van der Waals surface area contributed by atoms with Crippen LogP contribution in [0.5, 0.6) is 5.75 Å². The van der Waals surface area contributed by atoms with E-state index in [1.807, 2.05) is 48.7 Å². The van der Waals surface area contributed by atoms with E-state index in [1.54, 1.807) is 0 Å². The number of amides is 1. The van der Waals surface area contributed by atoms with Crippen LogP contribution < -0.4 is 10.1 Å². The molecule has 0 saturated carbocycles. The highest BCUT2D eigenvalue weighted by Gasteiger charge is 2.19. The fourth-order valence-corrected chi connectivity index (χ4v) is 4.10. The number of aromatic nitrogens is 3. The molecule has 0 bridgehead atoms. The van der Waals surface area contributed by atoms with Crippen LogP contribution in [0.4, 0.5) is 5.69 Å². The van der Waals surface area contributed by atoms with Gasteiger partial charge >= 0.3 is 0 Å². The van der Waals surface area contributed by atoms with Crippen LogP contribution in [0.2, 0.25) is 15.1 Å². The largest absolute Gasteiger partial charge is 0.483 e. The quantitative estimate of drug-likeness (QED) is 0.307. The van der Waals surface area contributed by atoms with Crippen LogP contribution in [0.25, 0.3) is 0 Å². The molecule has 0 fully saturated rings. The first kappa shape index (κ1) is 22.7. The van der Waals surface area contributed by atoms with E-state index < -0.39 is 0 Å². The molecule has 30 heavy (non-hydrogen) atoms. The molecule has 3 aromatic rings. The summed E-state index contributed by atoms with van der Waals surface area (Å²) in [7, 11) is 0. The number of anilines is 1. The zero-order chi connectivity index (χ0) is 21.7. The first-order valence-corrected chi connectivity index (χ1v) is 11.2. The molecule has 1 atom stereocenters. The van der Waals surface area contributed by atoms with E-state index in [4.69, 9.17) is 39.5 Å². The van der Waals surface area contributed by atoms with Gasteiger partial charge < -0.3 is 14.6 Å². The summed E-state index contributed by atoms with van der Waals surface area (Å²) in [6.45, 7) is 4.55. The number of carbonyl (C=O) groups excluding carboxylic acids is 1. The molecule has 10 heteroatoms. The predicted octanol–water partition coefficient (Wildman–Crippen LogP) is 6.13. The summed E-state index contributed by atoms with van der Waals surface area (Å²) in [6, 6.07) is 12.5. The number of nitrogens with one attached hydrogen (secondary N) is 1. The molecular formula is C20H19Cl3N4O2S. The fraction of sp³-hybridized carbons (Fsp3) is 0.250. The standard InChI is InChI=1S/C20H19Cl3N4O2S/c1-3-27-19(12(2)29-13-7-5-4-6-8-13)25-26-20(27)30-11-18(28)24-17-10-15(22)14(21)9-16(17)23/h4-10,12H,3,11H2,1-2H3,(H,24,28)/t12-/m0/s1. The van der Waals surface area contributed by atoms with E-state index in [0.717, 1.165) is 5.75 Å². The van der Waals surface area contributed by atoms with Gasteiger partial charge in [0.15, 0.2) is 17.1 Å². The Balaban J connectivity index is 1.64. The molecule has 3 rings (SSSR count). The van der Waals surface area contributed by atoms with Crippen molar-refractivity contribution in [2.24, 2.45) is 0 Å². The van der Waals surface area contributed by atoms with Crippen molar-refractivity contribution in [1.82, 2.24) is 14.8 Å². The fourth-order valence-electron chi connectivity index (χ4n) is 2.70. The van der Waals surface area contributed by atoms with Crippen molar-refractivity contribution in [2.75, 3.05) is 11.1 Å². The normalized spacial score (nSPS) is 11.9. The van der Waals surface area contributed by atoms with Gasteiger partial charge in [-0.1, -0.05) is 64.8 Å². The van der Waals surface area contributed by atoms with E-state index in [9.17, 15) is 4.79 Å². The molecule has 2 aromatic carbocycles. The highest BCUT2D eigenvalue weighted by atomic mass is 35.5. The van der Waals surface area contributed by atoms with Gasteiger partial charge in [-0.3, -0.25) is 4.79 Å². The second-order valence-electron chi connectivity index (χ2n) is 6.24. The zero-order valence-electron chi connectivity index (χ0n) is 16.2. The number of halogens is 3. The van der Waals surface area contributed by atoms with Crippen LogP contribution in [-0.4, -0.2) is 26.4 Å². The van der Waals surface area contributed by atoms with Crippen LogP contribution in [0.15, 0.2) is 47.6 Å². The number of thioether (sulfide) groups is 1. The van der Waals surface area contributed by atoms with Gasteiger partial charge in [-0.05, 0) is 38.1 Å². The Bertz CT molecular complexity index is 1030. The molecule has 0 aliphatic heterocycles. The maximum atomic E-state index is 12.4. The van der Waals surface area contributed by atoms with Crippen LogP contribution >= 0.6 is 46.6 Å². The number of benzene rings is 2. The number of nitrogens with zero attached hydrogens (tertiary/aromatic N) is 3. The highest BCUT2D eigenvalue weighted by molar-refractivity contribution is 7.99. The number of rotatable bonds is 8. The minimum atomic E-state index is -0.293. The van der Waals surface area contributed by atoms with E-state index in [1.165, 1.54) is 23.9 Å². The second kappa shape index (κ2) is 10.4. The van der Waals surface area contributed by atoms with Gasteiger partial charge in [0, 0.05) is 6.54 Å². The van der Waals surface area contributed by atoms with Gasteiger partial charge in [-0.15, -0.1) is 10.2 Å². The van der Waals surface area contributed by atoms with Crippen LogP contribution in [0.1, 0.15) is 25.8 Å². The average molecular weight is 486 g/mol. The average Bonchev–Trinajstić information content (AvgIpc) is 3.14. The summed E-state index contributed by atoms with van der Waals surface area (Å²) < 4.78 is 7.87. The Morgan fingerprint density at radius 3 is 2.53 bits per heavy atom. The minimum absolute atomic E-state index is 0.128. The van der Waals surface area contributed by atoms with Crippen molar-refractivity contribution in [2.45, 2.75) is 31.7 Å². The third-order valence-corrected chi connectivity index (χ3v) is 6.10. The van der Waals surface area contributed by atoms with E-state index in [2.05, 4.69) is 15.5 Å². The molecule has 0 radical (unpaired) electrons. The van der Waals surface area contributed by atoms with Crippen molar-refractivity contribution in [3.63, 3.8) is 0 Å². The molecule has 158 valence electrons. The smallest absolute Gasteiger partial charge is 0.234 e. The van der Waals surface area contributed by atoms with Crippen molar-refractivity contribution >= 4 is 58.2 Å². The predicted molar refractivity (Wildman–Crippen MR) is 122 cm³/mol. The maximum Gasteiger partial charge on any atom is 0.234 e. The van der Waals surface area contributed by atoms with Crippen LogP contribution in [0.3, 0.4) is 0 Å². The van der Waals surface area contributed by atoms with E-state index in [0.29, 0.717) is 38.3 Å². The van der Waals surface area contributed by atoms with E-state index >= 15 is 0 Å². The summed E-state index contributed by atoms with van der Waals surface area (Å²) >= 11 is 19.3. The van der Waals surface area contributed by atoms with Gasteiger partial charge in [-0.2, -0.15) is 0 Å². The first-order chi connectivity index (χ1) is 14.4. The Kier molecular flexibility index (Phi) is 7.88. The lowest BCUT2D eigenvalue weighted by Gasteiger charge is -2.15. The molecule has 0 saturated heterocycles. The highest BCUT2D eigenvalue weighted by Crippen LogP contribution is 2.32. The molecule has 6 nitrogen and oxygen atoms in total. The van der Waals surface area contributed by atoms with E-state index in [-0.39, 0.29) is 17.8 Å². The number of ether oxygens (including phenoxy) is 1. The van der Waals surface area contributed by atoms with Crippen molar-refractivity contribution in [1.29, 1.82) is 0 Å². The summed E-state index contributed by atoms with van der Waals surface area (Å²) in [6.07, 6.45) is -0.293. The van der Waals surface area contributed by atoms with Crippen LogP contribution in [0, 0.1) is 0 Å². The third-order valence-electron chi connectivity index (χ3n) is 4.10. The summed E-state index contributed by atoms with van der Waals surface area (Å²) in [5.41, 5.74) is 0.402. The Morgan fingerprint density at radius 1 is 1.13 bits per heavy atom. The Morgan fingerprint density at radius 2 is 1.83 bits per heavy atom. The van der Waals surface area contributed by atoms with Gasteiger partial charge in [-0.25, -0.2) is 0 Å². The van der Waals surface area contributed by atoms with Crippen molar-refractivity contribution in [3.8, 4) is 5.75 Å². The molecule has 1 amide bonds. The molecule has 0 spiro atoms. The monoisotopic (exact) mass is 484 g/mol. The number of hydrogen-bond donors (Lipinski definition) is 1. The Labute approximate surface area is 193 Å². The van der Waals surface area contributed by atoms with Gasteiger partial charge in [0.05, 0.1) is 26.5 Å². The number of para-hydroxylation sites is 1. The maximum absolute atomic E-state index is 12.4. The lowest BCUT2D eigenvalue weighted by atomic mass is 10.3. The number of hydrogen-bond acceptors (Lipinski definition) is 5. The van der Waals surface area contributed by atoms with Crippen molar-refractivity contribution in [3.05, 3.63) is 63.4 Å². The zero-order valence-corrected chi connectivity index (χ0v) is 19.3. The second-order valence-corrected chi connectivity index (χ2v) is 8.41. The molecule has 0 unspecified atom stereocenters. The van der Waals surface area contributed by atoms with Crippen LogP contribution in [-0.2, 0) is 11.3 Å². The summed E-state index contributed by atoms with van der Waals surface area (Å²) in [5.74, 6) is 1.32. The topological polar surface area (TPSA) is 69.0 Å².